The first kappa shape index (κ1) is 15.6. The Morgan fingerprint density at radius 2 is 2.29 bits per heavy atom. The lowest BCUT2D eigenvalue weighted by molar-refractivity contribution is 0.0797. The van der Waals surface area contributed by atoms with Gasteiger partial charge in [0.25, 0.3) is 5.91 Å². The molecular formula is C14H19ClN4O2. The number of carbonyl (C=O) groups is 2. The number of urea groups is 1. The lowest BCUT2D eigenvalue weighted by Gasteiger charge is -2.20. The van der Waals surface area contributed by atoms with Crippen molar-refractivity contribution >= 4 is 29.2 Å². The highest BCUT2D eigenvalue weighted by Crippen LogP contribution is 2.28. The smallest absolute Gasteiger partial charge is 0.322 e. The number of hydrogen-bond acceptors (Lipinski definition) is 3. The van der Waals surface area contributed by atoms with E-state index in [1.165, 1.54) is 0 Å². The first-order valence-electron chi connectivity index (χ1n) is 6.79. The van der Waals surface area contributed by atoms with Crippen molar-refractivity contribution in [2.24, 2.45) is 0 Å². The van der Waals surface area contributed by atoms with Gasteiger partial charge in [-0.05, 0) is 25.2 Å². The molecule has 21 heavy (non-hydrogen) atoms. The molecule has 0 atom stereocenters. The van der Waals surface area contributed by atoms with Gasteiger partial charge in [-0.25, -0.2) is 4.79 Å². The van der Waals surface area contributed by atoms with Crippen molar-refractivity contribution < 1.29 is 9.59 Å². The number of anilines is 1. The average Bonchev–Trinajstić information content (AvgIpc) is 2.90. The van der Waals surface area contributed by atoms with Gasteiger partial charge in [-0.1, -0.05) is 11.6 Å². The number of likely N-dealkylation sites (N-methyl/N-ethyl adjacent to an activating group) is 2. The number of hydrogen-bond donors (Lipinski definition) is 2. The van der Waals surface area contributed by atoms with Crippen LogP contribution in [0.3, 0.4) is 0 Å². The fourth-order valence-electron chi connectivity index (χ4n) is 2.16. The van der Waals surface area contributed by atoms with Crippen molar-refractivity contribution in [3.05, 3.63) is 28.8 Å². The first-order valence-corrected chi connectivity index (χ1v) is 7.17. The molecule has 1 aliphatic rings. The topological polar surface area (TPSA) is 64.7 Å². The molecule has 2 N–H and O–H groups in total. The fourth-order valence-corrected chi connectivity index (χ4v) is 2.38. The van der Waals surface area contributed by atoms with E-state index in [0.717, 1.165) is 6.54 Å². The highest BCUT2D eigenvalue weighted by Gasteiger charge is 2.24. The second kappa shape index (κ2) is 6.78. The van der Waals surface area contributed by atoms with Crippen LogP contribution in [0.15, 0.2) is 18.2 Å². The predicted octanol–water partition coefficient (Wildman–Crippen LogP) is 1.16. The Hall–Kier alpha value is -1.79. The molecule has 1 aromatic carbocycles. The maximum atomic E-state index is 12.3. The number of amides is 3. The van der Waals surface area contributed by atoms with Crippen molar-refractivity contribution in [3.8, 4) is 0 Å². The molecule has 7 heteroatoms. The Morgan fingerprint density at radius 1 is 1.52 bits per heavy atom. The van der Waals surface area contributed by atoms with Crippen molar-refractivity contribution in [1.82, 2.24) is 15.5 Å². The Labute approximate surface area is 129 Å². The minimum absolute atomic E-state index is 0.0947. The molecular weight excluding hydrogens is 292 g/mol. The van der Waals surface area contributed by atoms with Crippen molar-refractivity contribution in [2.75, 3.05) is 45.2 Å². The molecule has 0 bridgehead atoms. The van der Waals surface area contributed by atoms with E-state index < -0.39 is 0 Å². The van der Waals surface area contributed by atoms with Gasteiger partial charge < -0.3 is 15.5 Å². The first-order chi connectivity index (χ1) is 10.0. The summed E-state index contributed by atoms with van der Waals surface area (Å²) in [5.74, 6) is -0.0947. The van der Waals surface area contributed by atoms with Gasteiger partial charge in [-0.2, -0.15) is 0 Å². The maximum Gasteiger partial charge on any atom is 0.322 e. The van der Waals surface area contributed by atoms with Gasteiger partial charge in [0.15, 0.2) is 0 Å². The van der Waals surface area contributed by atoms with E-state index in [1.54, 1.807) is 35.0 Å². The minimum atomic E-state index is -0.190. The SMILES string of the molecule is CNCCN(C)C(=O)c1ccc(Cl)c(N2CCNC2=O)c1. The summed E-state index contributed by atoms with van der Waals surface area (Å²) in [6.07, 6.45) is 0. The molecule has 0 aliphatic carbocycles. The van der Waals surface area contributed by atoms with Gasteiger partial charge in [0, 0.05) is 38.8 Å². The van der Waals surface area contributed by atoms with Crippen LogP contribution in [0.5, 0.6) is 0 Å². The number of nitrogens with one attached hydrogen (secondary N) is 2. The fraction of sp³-hybridized carbons (Fsp3) is 0.429. The molecule has 3 amide bonds. The molecule has 1 saturated heterocycles. The van der Waals surface area contributed by atoms with Crippen LogP contribution in [0.25, 0.3) is 0 Å². The number of halogens is 1. The number of benzene rings is 1. The van der Waals surface area contributed by atoms with Gasteiger partial charge >= 0.3 is 6.03 Å². The van der Waals surface area contributed by atoms with Crippen molar-refractivity contribution in [3.63, 3.8) is 0 Å². The van der Waals surface area contributed by atoms with Crippen LogP contribution in [-0.2, 0) is 0 Å². The summed E-state index contributed by atoms with van der Waals surface area (Å²) in [5.41, 5.74) is 1.09. The van der Waals surface area contributed by atoms with E-state index in [4.69, 9.17) is 11.6 Å². The minimum Gasteiger partial charge on any atom is -0.340 e. The van der Waals surface area contributed by atoms with Crippen LogP contribution in [0.4, 0.5) is 10.5 Å². The van der Waals surface area contributed by atoms with E-state index in [2.05, 4.69) is 10.6 Å². The second-order valence-electron chi connectivity index (χ2n) is 4.88. The lowest BCUT2D eigenvalue weighted by atomic mass is 10.1. The molecule has 6 nitrogen and oxygen atoms in total. The highest BCUT2D eigenvalue weighted by atomic mass is 35.5. The summed E-state index contributed by atoms with van der Waals surface area (Å²) < 4.78 is 0. The highest BCUT2D eigenvalue weighted by molar-refractivity contribution is 6.34. The van der Waals surface area contributed by atoms with Gasteiger partial charge in [0.2, 0.25) is 0 Å². The second-order valence-corrected chi connectivity index (χ2v) is 5.29. The van der Waals surface area contributed by atoms with Crippen LogP contribution in [0.1, 0.15) is 10.4 Å². The van der Waals surface area contributed by atoms with Crippen LogP contribution < -0.4 is 15.5 Å². The average molecular weight is 311 g/mol. The normalized spacial score (nSPS) is 14.2. The summed E-state index contributed by atoms with van der Waals surface area (Å²) in [5, 5.41) is 6.18. The third kappa shape index (κ3) is 3.46. The van der Waals surface area contributed by atoms with E-state index in [1.807, 2.05) is 7.05 Å². The molecule has 2 rings (SSSR count). The van der Waals surface area contributed by atoms with Gasteiger partial charge in [0.05, 0.1) is 10.7 Å². The van der Waals surface area contributed by atoms with Gasteiger partial charge in [-0.15, -0.1) is 0 Å². The summed E-state index contributed by atoms with van der Waals surface area (Å²) >= 11 is 6.15. The zero-order chi connectivity index (χ0) is 15.4. The summed E-state index contributed by atoms with van der Waals surface area (Å²) in [6.45, 7) is 2.45. The molecule has 1 aliphatic heterocycles. The van der Waals surface area contributed by atoms with E-state index in [0.29, 0.717) is 35.9 Å². The van der Waals surface area contributed by atoms with E-state index in [-0.39, 0.29) is 11.9 Å². The predicted molar refractivity (Wildman–Crippen MR) is 83.1 cm³/mol. The van der Waals surface area contributed by atoms with Crippen LogP contribution in [0, 0.1) is 0 Å². The Bertz CT molecular complexity index is 550. The molecule has 0 radical (unpaired) electrons. The molecule has 1 aromatic rings. The molecule has 0 unspecified atom stereocenters. The quantitative estimate of drug-likeness (QED) is 0.858. The molecule has 1 heterocycles. The molecule has 1 fully saturated rings. The van der Waals surface area contributed by atoms with E-state index in [9.17, 15) is 9.59 Å². The van der Waals surface area contributed by atoms with Gasteiger partial charge in [0.1, 0.15) is 0 Å². The molecule has 0 spiro atoms. The maximum absolute atomic E-state index is 12.3. The molecule has 114 valence electrons. The van der Waals surface area contributed by atoms with Crippen molar-refractivity contribution in [2.45, 2.75) is 0 Å². The molecule has 0 aromatic heterocycles. The van der Waals surface area contributed by atoms with Crippen LogP contribution in [0.2, 0.25) is 5.02 Å². The number of nitrogens with zero attached hydrogens (tertiary/aromatic N) is 2. The Morgan fingerprint density at radius 3 is 2.90 bits per heavy atom. The van der Waals surface area contributed by atoms with Crippen molar-refractivity contribution in [1.29, 1.82) is 0 Å². The zero-order valence-electron chi connectivity index (χ0n) is 12.1. The van der Waals surface area contributed by atoms with E-state index >= 15 is 0 Å². The third-order valence-electron chi connectivity index (χ3n) is 3.38. The molecule has 0 saturated carbocycles. The zero-order valence-corrected chi connectivity index (χ0v) is 12.9. The van der Waals surface area contributed by atoms with Gasteiger partial charge in [-0.3, -0.25) is 9.69 Å². The van der Waals surface area contributed by atoms with Crippen LogP contribution >= 0.6 is 11.6 Å². The Kier molecular flexibility index (Phi) is 5.03. The summed E-state index contributed by atoms with van der Waals surface area (Å²) in [6, 6.07) is 4.82. The number of rotatable bonds is 5. The number of carbonyl (C=O) groups excluding carboxylic acids is 2. The monoisotopic (exact) mass is 310 g/mol. The van der Waals surface area contributed by atoms with Crippen LogP contribution in [-0.4, -0.2) is 57.1 Å². The largest absolute Gasteiger partial charge is 0.340 e. The summed E-state index contributed by atoms with van der Waals surface area (Å²) in [4.78, 5) is 27.3. The third-order valence-corrected chi connectivity index (χ3v) is 3.70. The summed E-state index contributed by atoms with van der Waals surface area (Å²) in [7, 11) is 3.58. The standard InChI is InChI=1S/C14H19ClN4O2/c1-16-5-7-18(2)13(20)10-3-4-11(15)12(9-10)19-8-6-17-14(19)21/h3-4,9,16H,5-8H2,1-2H3,(H,17,21). The lowest BCUT2D eigenvalue weighted by Crippen LogP contribution is -2.33. The Balaban J connectivity index is 2.22.